The van der Waals surface area contributed by atoms with Crippen LogP contribution in [-0.2, 0) is 19.1 Å². The second-order valence-corrected chi connectivity index (χ2v) is 7.30. The number of amides is 2. The van der Waals surface area contributed by atoms with Gasteiger partial charge in [-0.1, -0.05) is 38.8 Å². The number of esters is 1. The number of carbonyl (C=O) groups is 3. The molecule has 0 saturated carbocycles. The Hall–Kier alpha value is -2.61. The van der Waals surface area contributed by atoms with Gasteiger partial charge < -0.3 is 20.1 Å². The molecule has 1 aromatic rings. The maximum absolute atomic E-state index is 12.7. The molecule has 2 N–H and O–H groups in total. The molecule has 0 aliphatic carbocycles. The normalized spacial score (nSPS) is 16.6. The molecule has 1 atom stereocenters. The summed E-state index contributed by atoms with van der Waals surface area (Å²) in [5.41, 5.74) is 0.593. The van der Waals surface area contributed by atoms with Crippen molar-refractivity contribution in [1.29, 1.82) is 0 Å². The molecule has 1 fully saturated rings. The fourth-order valence-electron chi connectivity index (χ4n) is 3.12. The van der Waals surface area contributed by atoms with Crippen LogP contribution in [-0.4, -0.2) is 61.6 Å². The van der Waals surface area contributed by atoms with Crippen molar-refractivity contribution in [2.45, 2.75) is 52.0 Å². The number of hydrogen-bond donors (Lipinski definition) is 2. The van der Waals surface area contributed by atoms with Gasteiger partial charge in [0, 0.05) is 13.1 Å². The van der Waals surface area contributed by atoms with E-state index in [-0.39, 0.29) is 24.8 Å². The van der Waals surface area contributed by atoms with Crippen molar-refractivity contribution in [2.24, 2.45) is 0 Å². The van der Waals surface area contributed by atoms with E-state index >= 15 is 0 Å². The zero-order chi connectivity index (χ0) is 21.8. The summed E-state index contributed by atoms with van der Waals surface area (Å²) in [7, 11) is 0. The molecule has 2 amide bonds. The van der Waals surface area contributed by atoms with Crippen LogP contribution in [0.5, 0.6) is 5.75 Å². The quantitative estimate of drug-likeness (QED) is 0.399. The average Bonchev–Trinajstić information content (AvgIpc) is 2.72. The van der Waals surface area contributed by atoms with Gasteiger partial charge in [0.15, 0.2) is 0 Å². The van der Waals surface area contributed by atoms with Gasteiger partial charge in [-0.2, -0.15) is 0 Å². The van der Waals surface area contributed by atoms with Crippen LogP contribution in [0.1, 0.15) is 46.0 Å². The zero-order valence-corrected chi connectivity index (χ0v) is 17.9. The number of ether oxygens (including phenoxy) is 2. The minimum Gasteiger partial charge on any atom is -0.491 e. The smallest absolute Gasteiger partial charge is 0.307 e. The topological polar surface area (TPSA) is 97.0 Å². The number of benzene rings is 1. The van der Waals surface area contributed by atoms with E-state index in [1.807, 2.05) is 25.1 Å². The van der Waals surface area contributed by atoms with Gasteiger partial charge in [0.25, 0.3) is 0 Å². The number of hydrogen-bond acceptors (Lipinski definition) is 6. The minimum absolute atomic E-state index is 0.00359. The number of nitrogens with zero attached hydrogens (tertiary/aromatic N) is 1. The monoisotopic (exact) mass is 419 g/mol. The second-order valence-electron chi connectivity index (χ2n) is 7.30. The van der Waals surface area contributed by atoms with E-state index in [2.05, 4.69) is 17.6 Å². The van der Waals surface area contributed by atoms with E-state index in [0.717, 1.165) is 25.7 Å². The van der Waals surface area contributed by atoms with Crippen molar-refractivity contribution in [3.8, 4) is 5.75 Å². The van der Waals surface area contributed by atoms with Gasteiger partial charge in [0.05, 0.1) is 31.9 Å². The zero-order valence-electron chi connectivity index (χ0n) is 17.9. The number of carbonyl (C=O) groups excluding carboxylic acids is 3. The first-order valence-corrected chi connectivity index (χ1v) is 10.7. The van der Waals surface area contributed by atoms with Crippen LogP contribution in [0.15, 0.2) is 24.3 Å². The highest BCUT2D eigenvalue weighted by molar-refractivity contribution is 5.94. The lowest BCUT2D eigenvalue weighted by atomic mass is 10.1. The molecule has 0 aromatic heterocycles. The molecular formula is C22H33N3O5. The highest BCUT2D eigenvalue weighted by atomic mass is 16.5. The Morgan fingerprint density at radius 1 is 1.17 bits per heavy atom. The molecule has 8 heteroatoms. The fraction of sp³-hybridized carbons (Fsp3) is 0.591. The van der Waals surface area contributed by atoms with Crippen molar-refractivity contribution >= 4 is 23.5 Å². The van der Waals surface area contributed by atoms with Crippen molar-refractivity contribution in [1.82, 2.24) is 10.2 Å². The molecule has 30 heavy (non-hydrogen) atoms. The van der Waals surface area contributed by atoms with Gasteiger partial charge in [0.2, 0.25) is 11.8 Å². The molecule has 1 aromatic carbocycles. The molecule has 1 aliphatic rings. The highest BCUT2D eigenvalue weighted by Gasteiger charge is 2.33. The standard InChI is InChI=1S/C22H33N3O5/c1-3-5-13-29-19-10-8-7-9-17(19)24-20(26)16-25-12-11-23-22(28)18(25)15-21(27)30-14-6-4-2/h7-10,18H,3-6,11-16H2,1-2H3,(H,23,28)(H,24,26). The molecule has 2 rings (SSSR count). The summed E-state index contributed by atoms with van der Waals surface area (Å²) < 4.78 is 10.9. The van der Waals surface area contributed by atoms with Gasteiger partial charge in [-0.15, -0.1) is 0 Å². The molecule has 0 radical (unpaired) electrons. The lowest BCUT2D eigenvalue weighted by molar-refractivity contribution is -0.149. The predicted molar refractivity (Wildman–Crippen MR) is 114 cm³/mol. The molecule has 1 heterocycles. The predicted octanol–water partition coefficient (Wildman–Crippen LogP) is 2.34. The molecular weight excluding hydrogens is 386 g/mol. The van der Waals surface area contributed by atoms with E-state index in [1.165, 1.54) is 0 Å². The van der Waals surface area contributed by atoms with Crippen LogP contribution in [0.25, 0.3) is 0 Å². The second kappa shape index (κ2) is 12.8. The lowest BCUT2D eigenvalue weighted by Crippen LogP contribution is -2.57. The van der Waals surface area contributed by atoms with Gasteiger partial charge in [-0.05, 0) is 25.0 Å². The summed E-state index contributed by atoms with van der Waals surface area (Å²) in [6.07, 6.45) is 3.59. The minimum atomic E-state index is -0.713. The number of piperazine rings is 1. The van der Waals surface area contributed by atoms with Gasteiger partial charge in [-0.3, -0.25) is 19.3 Å². The van der Waals surface area contributed by atoms with E-state index in [0.29, 0.717) is 37.7 Å². The summed E-state index contributed by atoms with van der Waals surface area (Å²) >= 11 is 0. The SMILES string of the molecule is CCCCOC(=O)CC1C(=O)NCCN1CC(=O)Nc1ccccc1OCCCC. The van der Waals surface area contributed by atoms with Gasteiger partial charge >= 0.3 is 5.97 Å². The number of nitrogens with one attached hydrogen (secondary N) is 2. The van der Waals surface area contributed by atoms with E-state index < -0.39 is 12.0 Å². The Kier molecular flexibility index (Phi) is 10.1. The molecule has 1 unspecified atom stereocenters. The largest absolute Gasteiger partial charge is 0.491 e. The molecule has 0 spiro atoms. The Morgan fingerprint density at radius 2 is 1.90 bits per heavy atom. The van der Waals surface area contributed by atoms with Crippen molar-refractivity contribution in [3.05, 3.63) is 24.3 Å². The lowest BCUT2D eigenvalue weighted by Gasteiger charge is -2.33. The first kappa shape index (κ1) is 23.7. The highest BCUT2D eigenvalue weighted by Crippen LogP contribution is 2.24. The van der Waals surface area contributed by atoms with Gasteiger partial charge in [-0.25, -0.2) is 0 Å². The summed E-state index contributed by atoms with van der Waals surface area (Å²) in [6, 6.07) is 6.56. The Bertz CT molecular complexity index is 710. The molecule has 1 aliphatic heterocycles. The Balaban J connectivity index is 1.95. The maximum atomic E-state index is 12.7. The number of rotatable bonds is 12. The van der Waals surface area contributed by atoms with Crippen molar-refractivity contribution in [2.75, 3.05) is 38.2 Å². The summed E-state index contributed by atoms with van der Waals surface area (Å²) in [5.74, 6) is -0.331. The van der Waals surface area contributed by atoms with E-state index in [1.54, 1.807) is 11.0 Å². The van der Waals surface area contributed by atoms with Crippen LogP contribution < -0.4 is 15.4 Å². The molecule has 8 nitrogen and oxygen atoms in total. The molecule has 1 saturated heterocycles. The van der Waals surface area contributed by atoms with E-state index in [9.17, 15) is 14.4 Å². The average molecular weight is 420 g/mol. The molecule has 166 valence electrons. The van der Waals surface area contributed by atoms with Gasteiger partial charge in [0.1, 0.15) is 11.8 Å². The third kappa shape index (κ3) is 7.67. The summed E-state index contributed by atoms with van der Waals surface area (Å²) in [6.45, 7) is 5.95. The molecule has 0 bridgehead atoms. The fourth-order valence-corrected chi connectivity index (χ4v) is 3.12. The van der Waals surface area contributed by atoms with Crippen LogP contribution in [0.4, 0.5) is 5.69 Å². The number of para-hydroxylation sites is 2. The summed E-state index contributed by atoms with van der Waals surface area (Å²) in [5, 5.41) is 5.62. The number of unbranched alkanes of at least 4 members (excludes halogenated alkanes) is 2. The summed E-state index contributed by atoms with van der Waals surface area (Å²) in [4.78, 5) is 38.7. The maximum Gasteiger partial charge on any atom is 0.307 e. The van der Waals surface area contributed by atoms with Crippen molar-refractivity contribution in [3.63, 3.8) is 0 Å². The van der Waals surface area contributed by atoms with Crippen molar-refractivity contribution < 1.29 is 23.9 Å². The Labute approximate surface area is 178 Å². The third-order valence-corrected chi connectivity index (χ3v) is 4.83. The van der Waals surface area contributed by atoms with E-state index in [4.69, 9.17) is 9.47 Å². The Morgan fingerprint density at radius 3 is 2.67 bits per heavy atom. The van der Waals surface area contributed by atoms with Crippen LogP contribution >= 0.6 is 0 Å². The van der Waals surface area contributed by atoms with Crippen LogP contribution in [0, 0.1) is 0 Å². The number of anilines is 1. The van der Waals surface area contributed by atoms with Crippen LogP contribution in [0.2, 0.25) is 0 Å². The third-order valence-electron chi connectivity index (χ3n) is 4.83. The first-order chi connectivity index (χ1) is 14.5. The van der Waals surface area contributed by atoms with Crippen LogP contribution in [0.3, 0.4) is 0 Å². The first-order valence-electron chi connectivity index (χ1n) is 10.7.